The predicted octanol–water partition coefficient (Wildman–Crippen LogP) is 5.90. The summed E-state index contributed by atoms with van der Waals surface area (Å²) in [5.41, 5.74) is 2.39. The molecule has 2 nitrogen and oxygen atoms in total. The maximum atomic E-state index is 6.29. The maximum Gasteiger partial charge on any atom is 0.192 e. The molecule has 0 saturated carbocycles. The smallest absolute Gasteiger partial charge is 0.192 e. The summed E-state index contributed by atoms with van der Waals surface area (Å²) < 4.78 is 13.1. The van der Waals surface area contributed by atoms with Crippen LogP contribution < -0.4 is 0 Å². The second kappa shape index (κ2) is 7.40. The van der Waals surface area contributed by atoms with Gasteiger partial charge in [-0.15, -0.1) is 0 Å². The van der Waals surface area contributed by atoms with Crippen LogP contribution in [0.15, 0.2) is 22.7 Å². The molecule has 0 aromatic heterocycles. The van der Waals surface area contributed by atoms with Crippen molar-refractivity contribution in [3.05, 3.63) is 33.8 Å². The van der Waals surface area contributed by atoms with Gasteiger partial charge >= 0.3 is 0 Å². The summed E-state index contributed by atoms with van der Waals surface area (Å²) in [5, 5.41) is 0.239. The topological polar surface area (TPSA) is 18.5 Å². The maximum absolute atomic E-state index is 6.29. The van der Waals surface area contributed by atoms with Crippen LogP contribution in [0.1, 0.15) is 45.7 Å². The molecule has 120 valence electrons. The Hall–Kier alpha value is -0.163. The lowest BCUT2D eigenvalue weighted by Gasteiger charge is -2.36. The van der Waals surface area contributed by atoms with Gasteiger partial charge in [-0.1, -0.05) is 42.8 Å². The zero-order valence-electron chi connectivity index (χ0n) is 14.4. The zero-order valence-corrected chi connectivity index (χ0v) is 17.0. The van der Waals surface area contributed by atoms with Crippen molar-refractivity contribution in [1.82, 2.24) is 0 Å². The molecule has 0 aliphatic carbocycles. The van der Waals surface area contributed by atoms with Gasteiger partial charge in [-0.05, 0) is 55.2 Å². The summed E-state index contributed by atoms with van der Waals surface area (Å²) >= 11 is 3.58. The minimum atomic E-state index is -1.71. The van der Waals surface area contributed by atoms with E-state index >= 15 is 0 Å². The Bertz CT molecular complexity index is 464. The Labute approximate surface area is 139 Å². The number of rotatable bonds is 6. The molecule has 4 heteroatoms. The third kappa shape index (κ3) is 6.23. The predicted molar refractivity (Wildman–Crippen MR) is 96.1 cm³/mol. The van der Waals surface area contributed by atoms with E-state index in [1.807, 2.05) is 0 Å². The van der Waals surface area contributed by atoms with Gasteiger partial charge in [0.2, 0.25) is 0 Å². The first-order valence-electron chi connectivity index (χ1n) is 7.55. The van der Waals surface area contributed by atoms with Crippen LogP contribution in [0, 0.1) is 0 Å². The Morgan fingerprint density at radius 1 is 1.05 bits per heavy atom. The van der Waals surface area contributed by atoms with Gasteiger partial charge < -0.3 is 9.16 Å². The highest BCUT2D eigenvalue weighted by atomic mass is 79.9. The van der Waals surface area contributed by atoms with Gasteiger partial charge in [-0.2, -0.15) is 0 Å². The summed E-state index contributed by atoms with van der Waals surface area (Å²) in [4.78, 5) is 0. The standard InChI is InChI=1S/C17H29BrO2Si/c1-13(2)19-11-14-8-15(10-16(18)9-14)12-20-21(6,7)17(3,4)5/h8-10,13H,11-12H2,1-7H3. The van der Waals surface area contributed by atoms with E-state index in [-0.39, 0.29) is 11.1 Å². The van der Waals surface area contributed by atoms with Crippen molar-refractivity contribution in [3.63, 3.8) is 0 Å². The van der Waals surface area contributed by atoms with E-state index in [0.717, 1.165) is 4.47 Å². The van der Waals surface area contributed by atoms with E-state index in [4.69, 9.17) is 9.16 Å². The highest BCUT2D eigenvalue weighted by molar-refractivity contribution is 9.10. The van der Waals surface area contributed by atoms with Crippen molar-refractivity contribution in [2.75, 3.05) is 0 Å². The normalized spacial score (nSPS) is 13.0. The third-order valence-corrected chi connectivity index (χ3v) is 8.94. The van der Waals surface area contributed by atoms with Crippen molar-refractivity contribution in [2.45, 2.75) is 72.1 Å². The lowest BCUT2D eigenvalue weighted by molar-refractivity contribution is 0.0656. The first-order chi connectivity index (χ1) is 9.51. The molecule has 0 fully saturated rings. The van der Waals surface area contributed by atoms with E-state index in [2.05, 4.69) is 81.8 Å². The molecule has 1 aromatic carbocycles. The van der Waals surface area contributed by atoms with Gasteiger partial charge in [0.25, 0.3) is 0 Å². The van der Waals surface area contributed by atoms with Gasteiger partial charge in [0.05, 0.1) is 19.3 Å². The Morgan fingerprint density at radius 3 is 2.05 bits per heavy atom. The summed E-state index contributed by atoms with van der Waals surface area (Å²) in [6.07, 6.45) is 0.246. The van der Waals surface area contributed by atoms with Gasteiger partial charge in [0.1, 0.15) is 0 Å². The van der Waals surface area contributed by atoms with E-state index in [0.29, 0.717) is 13.2 Å². The van der Waals surface area contributed by atoms with Crippen LogP contribution in [-0.4, -0.2) is 14.4 Å². The van der Waals surface area contributed by atoms with Crippen LogP contribution in [0.2, 0.25) is 18.1 Å². The Balaban J connectivity index is 2.75. The quantitative estimate of drug-likeness (QED) is 0.578. The second-order valence-electron chi connectivity index (χ2n) is 7.38. The van der Waals surface area contributed by atoms with Crippen molar-refractivity contribution < 1.29 is 9.16 Å². The Morgan fingerprint density at radius 2 is 1.57 bits per heavy atom. The van der Waals surface area contributed by atoms with Crippen LogP contribution in [0.5, 0.6) is 0 Å². The molecule has 0 amide bonds. The summed E-state index contributed by atoms with van der Waals surface area (Å²) in [6.45, 7) is 16.8. The van der Waals surface area contributed by atoms with Gasteiger partial charge in [-0.3, -0.25) is 0 Å². The van der Waals surface area contributed by atoms with Crippen LogP contribution in [0.3, 0.4) is 0 Å². The van der Waals surface area contributed by atoms with E-state index in [1.165, 1.54) is 11.1 Å². The minimum absolute atomic E-state index is 0.239. The summed E-state index contributed by atoms with van der Waals surface area (Å²) in [7, 11) is -1.71. The molecule has 1 rings (SSSR count). The molecule has 0 unspecified atom stereocenters. The number of hydrogen-bond acceptors (Lipinski definition) is 2. The van der Waals surface area contributed by atoms with Crippen molar-refractivity contribution in [3.8, 4) is 0 Å². The van der Waals surface area contributed by atoms with Crippen molar-refractivity contribution >= 4 is 24.2 Å². The number of benzene rings is 1. The van der Waals surface area contributed by atoms with Gasteiger partial charge in [0.15, 0.2) is 8.32 Å². The largest absolute Gasteiger partial charge is 0.413 e. The number of ether oxygens (including phenoxy) is 1. The lowest BCUT2D eigenvalue weighted by Crippen LogP contribution is -2.40. The monoisotopic (exact) mass is 372 g/mol. The molecule has 0 spiro atoms. The zero-order chi connectivity index (χ0) is 16.3. The van der Waals surface area contributed by atoms with Crippen LogP contribution in [0.4, 0.5) is 0 Å². The SMILES string of the molecule is CC(C)OCc1cc(Br)cc(CO[Si](C)(C)C(C)(C)C)c1. The number of hydrogen-bond donors (Lipinski definition) is 0. The Kier molecular flexibility index (Phi) is 6.66. The molecule has 0 bridgehead atoms. The van der Waals surface area contributed by atoms with E-state index in [9.17, 15) is 0 Å². The molecule has 0 radical (unpaired) electrons. The fourth-order valence-corrected chi connectivity index (χ4v) is 3.18. The minimum Gasteiger partial charge on any atom is -0.413 e. The molecule has 0 heterocycles. The molecule has 0 saturated heterocycles. The summed E-state index contributed by atoms with van der Waals surface area (Å²) in [6, 6.07) is 6.42. The first-order valence-corrected chi connectivity index (χ1v) is 11.3. The van der Waals surface area contributed by atoms with Gasteiger partial charge in [-0.25, -0.2) is 0 Å². The first kappa shape index (κ1) is 18.9. The van der Waals surface area contributed by atoms with Crippen molar-refractivity contribution in [2.24, 2.45) is 0 Å². The molecule has 0 N–H and O–H groups in total. The molecule has 0 aliphatic heterocycles. The highest BCUT2D eigenvalue weighted by Crippen LogP contribution is 2.37. The third-order valence-electron chi connectivity index (χ3n) is 4.01. The number of halogens is 1. The lowest BCUT2D eigenvalue weighted by atomic mass is 10.1. The van der Waals surface area contributed by atoms with Gasteiger partial charge in [0, 0.05) is 4.47 Å². The molecule has 1 aromatic rings. The van der Waals surface area contributed by atoms with Crippen LogP contribution >= 0.6 is 15.9 Å². The second-order valence-corrected chi connectivity index (χ2v) is 13.1. The van der Waals surface area contributed by atoms with E-state index in [1.54, 1.807) is 0 Å². The molecule has 0 atom stereocenters. The average Bonchev–Trinajstić information content (AvgIpc) is 2.32. The fraction of sp³-hybridized carbons (Fsp3) is 0.647. The molecule has 21 heavy (non-hydrogen) atoms. The fourth-order valence-electron chi connectivity index (χ4n) is 1.63. The van der Waals surface area contributed by atoms with Crippen LogP contribution in [-0.2, 0) is 22.4 Å². The van der Waals surface area contributed by atoms with Crippen LogP contribution in [0.25, 0.3) is 0 Å². The molecular formula is C17H29BrO2Si. The molecule has 0 aliphatic rings. The van der Waals surface area contributed by atoms with Crippen molar-refractivity contribution in [1.29, 1.82) is 0 Å². The average molecular weight is 373 g/mol. The van der Waals surface area contributed by atoms with E-state index < -0.39 is 8.32 Å². The summed E-state index contributed by atoms with van der Waals surface area (Å²) in [5.74, 6) is 0. The highest BCUT2D eigenvalue weighted by Gasteiger charge is 2.37. The molecular weight excluding hydrogens is 344 g/mol.